The van der Waals surface area contributed by atoms with Crippen molar-refractivity contribution >= 4 is 28.1 Å². The fourth-order valence-electron chi connectivity index (χ4n) is 3.38. The monoisotopic (exact) mass is 476 g/mol. The Hall–Kier alpha value is -3.69. The van der Waals surface area contributed by atoms with Gasteiger partial charge in [-0.25, -0.2) is 15.0 Å². The Bertz CT molecular complexity index is 1270. The summed E-state index contributed by atoms with van der Waals surface area (Å²) in [5, 5.41) is 3.76. The lowest BCUT2D eigenvalue weighted by molar-refractivity contribution is 0.260. The largest absolute Gasteiger partial charge is 0.497 e. The van der Waals surface area contributed by atoms with Gasteiger partial charge in [0.2, 0.25) is 5.95 Å². The number of thiazole rings is 1. The molecule has 0 saturated heterocycles. The van der Waals surface area contributed by atoms with E-state index in [1.165, 1.54) is 11.3 Å². The van der Waals surface area contributed by atoms with Crippen LogP contribution in [0.3, 0.4) is 0 Å². The molecule has 4 rings (SSSR count). The molecule has 3 N–H and O–H groups in total. The summed E-state index contributed by atoms with van der Waals surface area (Å²) in [5.41, 5.74) is 10.4. The molecule has 0 fully saturated rings. The zero-order valence-electron chi connectivity index (χ0n) is 19.7. The van der Waals surface area contributed by atoms with Crippen LogP contribution in [0.25, 0.3) is 21.8 Å². The number of nitrogen functional groups attached to an aromatic ring is 1. The molecule has 4 aromatic rings. The zero-order chi connectivity index (χ0) is 24.1. The van der Waals surface area contributed by atoms with Gasteiger partial charge in [-0.1, -0.05) is 23.5 Å². The Morgan fingerprint density at radius 2 is 1.94 bits per heavy atom. The Balaban J connectivity index is 1.56. The molecule has 9 heteroatoms. The molecule has 34 heavy (non-hydrogen) atoms. The number of ether oxygens (including phenoxy) is 2. The standard InChI is InChI=1S/C25H28N6O2S/c1-16-14-18(8-9-21(16)33-13-12-31(2)3)28-25-27-11-10-20(29-25)23-22(30-24(26)34-23)17-6-5-7-19(15-17)32-4/h5-11,14-15H,12-13H2,1-4H3,(H2,26,30)(H,27,28,29). The van der Waals surface area contributed by atoms with E-state index in [2.05, 4.69) is 20.2 Å². The number of aromatic nitrogens is 3. The predicted octanol–water partition coefficient (Wildman–Crippen LogP) is 4.85. The van der Waals surface area contributed by atoms with Gasteiger partial charge in [-0.3, -0.25) is 0 Å². The summed E-state index contributed by atoms with van der Waals surface area (Å²) in [6, 6.07) is 15.5. The number of hydrogen-bond donors (Lipinski definition) is 2. The van der Waals surface area contributed by atoms with Crippen molar-refractivity contribution in [3.63, 3.8) is 0 Å². The molecule has 0 bridgehead atoms. The molecule has 0 spiro atoms. The maximum Gasteiger partial charge on any atom is 0.227 e. The van der Waals surface area contributed by atoms with Gasteiger partial charge in [0.1, 0.15) is 18.1 Å². The fourth-order valence-corrected chi connectivity index (χ4v) is 4.20. The molecule has 2 aromatic heterocycles. The van der Waals surface area contributed by atoms with Crippen LogP contribution in [-0.2, 0) is 0 Å². The van der Waals surface area contributed by atoms with Crippen LogP contribution in [0.15, 0.2) is 54.7 Å². The molecule has 0 amide bonds. The van der Waals surface area contributed by atoms with Gasteiger partial charge < -0.3 is 25.4 Å². The smallest absolute Gasteiger partial charge is 0.227 e. The van der Waals surface area contributed by atoms with E-state index in [-0.39, 0.29) is 0 Å². The third kappa shape index (κ3) is 5.62. The van der Waals surface area contributed by atoms with Gasteiger partial charge in [0.05, 0.1) is 23.4 Å². The predicted molar refractivity (Wildman–Crippen MR) is 138 cm³/mol. The van der Waals surface area contributed by atoms with Gasteiger partial charge in [-0.15, -0.1) is 0 Å². The van der Waals surface area contributed by atoms with Gasteiger partial charge in [0.15, 0.2) is 5.13 Å². The first-order valence-electron chi connectivity index (χ1n) is 10.8. The van der Waals surface area contributed by atoms with Crippen molar-refractivity contribution in [2.45, 2.75) is 6.92 Å². The van der Waals surface area contributed by atoms with Gasteiger partial charge >= 0.3 is 0 Å². The number of aryl methyl sites for hydroxylation is 1. The quantitative estimate of drug-likeness (QED) is 0.354. The van der Waals surface area contributed by atoms with E-state index in [1.807, 2.05) is 69.6 Å². The molecular formula is C25H28N6O2S. The number of nitrogens with two attached hydrogens (primary N) is 1. The van der Waals surface area contributed by atoms with Crippen molar-refractivity contribution in [1.29, 1.82) is 0 Å². The third-order valence-electron chi connectivity index (χ3n) is 5.10. The highest BCUT2D eigenvalue weighted by molar-refractivity contribution is 7.19. The lowest BCUT2D eigenvalue weighted by atomic mass is 10.1. The van der Waals surface area contributed by atoms with Gasteiger partial charge in [-0.05, 0) is 63.0 Å². The minimum absolute atomic E-state index is 0.474. The topological polar surface area (TPSA) is 98.4 Å². The van der Waals surface area contributed by atoms with Crippen molar-refractivity contribution in [3.8, 4) is 33.3 Å². The Labute approximate surface area is 203 Å². The molecular weight excluding hydrogens is 448 g/mol. The second-order valence-corrected chi connectivity index (χ2v) is 9.01. The molecule has 2 aromatic carbocycles. The van der Waals surface area contributed by atoms with Crippen LogP contribution in [0.1, 0.15) is 5.56 Å². The highest BCUT2D eigenvalue weighted by Gasteiger charge is 2.16. The Kier molecular flexibility index (Phi) is 7.24. The highest BCUT2D eigenvalue weighted by atomic mass is 32.1. The molecule has 0 aliphatic heterocycles. The van der Waals surface area contributed by atoms with E-state index in [0.717, 1.165) is 51.1 Å². The van der Waals surface area contributed by atoms with E-state index >= 15 is 0 Å². The van der Waals surface area contributed by atoms with Gasteiger partial charge in [0, 0.05) is 24.0 Å². The van der Waals surface area contributed by atoms with Crippen LogP contribution in [0.2, 0.25) is 0 Å². The number of methoxy groups -OCH3 is 1. The number of nitrogens with one attached hydrogen (secondary N) is 1. The van der Waals surface area contributed by atoms with Crippen LogP contribution < -0.4 is 20.5 Å². The van der Waals surface area contributed by atoms with Crippen LogP contribution in [0.4, 0.5) is 16.8 Å². The van der Waals surface area contributed by atoms with E-state index < -0.39 is 0 Å². The summed E-state index contributed by atoms with van der Waals surface area (Å²) in [5.74, 6) is 2.11. The average Bonchev–Trinajstić information content (AvgIpc) is 3.22. The summed E-state index contributed by atoms with van der Waals surface area (Å²) in [6.07, 6.45) is 1.72. The maximum absolute atomic E-state index is 6.07. The van der Waals surface area contributed by atoms with Gasteiger partial charge in [-0.2, -0.15) is 0 Å². The normalized spacial score (nSPS) is 11.0. The number of benzene rings is 2. The first-order valence-corrected chi connectivity index (χ1v) is 11.6. The molecule has 0 atom stereocenters. The van der Waals surface area contributed by atoms with Crippen molar-refractivity contribution in [1.82, 2.24) is 19.9 Å². The number of anilines is 3. The molecule has 0 aliphatic rings. The number of hydrogen-bond acceptors (Lipinski definition) is 9. The van der Waals surface area contributed by atoms with Crippen molar-refractivity contribution in [2.75, 3.05) is 45.4 Å². The van der Waals surface area contributed by atoms with E-state index in [4.69, 9.17) is 20.2 Å². The summed E-state index contributed by atoms with van der Waals surface area (Å²) >= 11 is 1.39. The Morgan fingerprint density at radius 1 is 1.09 bits per heavy atom. The number of nitrogens with zero attached hydrogens (tertiary/aromatic N) is 4. The van der Waals surface area contributed by atoms with Crippen LogP contribution in [-0.4, -0.2) is 54.2 Å². The lowest BCUT2D eigenvalue weighted by Crippen LogP contribution is -2.19. The van der Waals surface area contributed by atoms with E-state index in [0.29, 0.717) is 17.7 Å². The third-order valence-corrected chi connectivity index (χ3v) is 6.01. The maximum atomic E-state index is 6.07. The van der Waals surface area contributed by atoms with Crippen molar-refractivity contribution in [3.05, 3.63) is 60.3 Å². The summed E-state index contributed by atoms with van der Waals surface area (Å²) in [6.45, 7) is 3.52. The highest BCUT2D eigenvalue weighted by Crippen LogP contribution is 2.38. The SMILES string of the molecule is COc1cccc(-c2nc(N)sc2-c2ccnc(Nc3ccc(OCCN(C)C)c(C)c3)n2)c1. The molecule has 8 nitrogen and oxygen atoms in total. The zero-order valence-corrected chi connectivity index (χ0v) is 20.5. The summed E-state index contributed by atoms with van der Waals surface area (Å²) in [4.78, 5) is 16.6. The minimum Gasteiger partial charge on any atom is -0.497 e. The van der Waals surface area contributed by atoms with Gasteiger partial charge in [0.25, 0.3) is 0 Å². The molecule has 176 valence electrons. The molecule has 2 heterocycles. The van der Waals surface area contributed by atoms with Crippen LogP contribution >= 0.6 is 11.3 Å². The minimum atomic E-state index is 0.474. The van der Waals surface area contributed by atoms with Crippen molar-refractivity contribution < 1.29 is 9.47 Å². The average molecular weight is 477 g/mol. The molecule has 0 radical (unpaired) electrons. The number of rotatable bonds is 9. The Morgan fingerprint density at radius 3 is 2.71 bits per heavy atom. The number of likely N-dealkylation sites (N-methyl/N-ethyl adjacent to an activating group) is 1. The summed E-state index contributed by atoms with van der Waals surface area (Å²) < 4.78 is 11.2. The van der Waals surface area contributed by atoms with Crippen LogP contribution in [0, 0.1) is 6.92 Å². The first kappa shape index (κ1) is 23.5. The summed E-state index contributed by atoms with van der Waals surface area (Å²) in [7, 11) is 5.69. The van der Waals surface area contributed by atoms with E-state index in [9.17, 15) is 0 Å². The second kappa shape index (κ2) is 10.5. The first-order chi connectivity index (χ1) is 16.4. The molecule has 0 saturated carbocycles. The molecule has 0 unspecified atom stereocenters. The fraction of sp³-hybridized carbons (Fsp3) is 0.240. The van der Waals surface area contributed by atoms with Crippen LogP contribution in [0.5, 0.6) is 11.5 Å². The lowest BCUT2D eigenvalue weighted by Gasteiger charge is -2.14. The van der Waals surface area contributed by atoms with E-state index in [1.54, 1.807) is 13.3 Å². The van der Waals surface area contributed by atoms with Crippen molar-refractivity contribution in [2.24, 2.45) is 0 Å². The second-order valence-electron chi connectivity index (χ2n) is 7.98. The molecule has 0 aliphatic carbocycles.